The predicted molar refractivity (Wildman–Crippen MR) is 107 cm³/mol. The highest BCUT2D eigenvalue weighted by molar-refractivity contribution is 5.84. The summed E-state index contributed by atoms with van der Waals surface area (Å²) in [5.41, 5.74) is 2.87. The fraction of sp³-hybridized carbons (Fsp3) is 0.250. The molecule has 0 atom stereocenters. The molecule has 0 fully saturated rings. The molecule has 0 aliphatic heterocycles. The fourth-order valence-corrected chi connectivity index (χ4v) is 3.96. The van der Waals surface area contributed by atoms with Crippen molar-refractivity contribution in [3.8, 4) is 0 Å². The van der Waals surface area contributed by atoms with E-state index in [9.17, 15) is 0 Å². The molecule has 0 saturated heterocycles. The number of rotatable bonds is 5. The molecule has 28 heavy (non-hydrogen) atoms. The van der Waals surface area contributed by atoms with Crippen molar-refractivity contribution in [2.45, 2.75) is 25.7 Å². The molecule has 4 rings (SSSR count). The predicted octanol–water partition coefficient (Wildman–Crippen LogP) is -1.78. The lowest BCUT2D eigenvalue weighted by Gasteiger charge is -2.06. The number of halogens is 2. The Morgan fingerprint density at radius 1 is 0.571 bits per heavy atom. The zero-order chi connectivity index (χ0) is 17.9. The number of nitrogens with zero attached hydrogens (tertiary/aromatic N) is 2. The maximum absolute atomic E-state index is 2.28. The van der Waals surface area contributed by atoms with E-state index < -0.39 is 0 Å². The van der Waals surface area contributed by atoms with Crippen LogP contribution in [-0.2, 0) is 26.9 Å². The van der Waals surface area contributed by atoms with Crippen LogP contribution in [0, 0.1) is 0 Å². The van der Waals surface area contributed by atoms with Gasteiger partial charge in [-0.25, -0.2) is 9.13 Å². The number of fused-ring (bicyclic) bond motifs is 2. The molecule has 0 aliphatic carbocycles. The Balaban J connectivity index is 0.00000140. The van der Waals surface area contributed by atoms with Crippen molar-refractivity contribution in [1.82, 2.24) is 0 Å². The summed E-state index contributed by atoms with van der Waals surface area (Å²) in [6, 6.07) is 21.8. The van der Waals surface area contributed by atoms with Gasteiger partial charge in [0.1, 0.15) is 14.1 Å². The average Bonchev–Trinajstić information content (AvgIpc) is 2.68. The Kier molecular flexibility index (Phi) is 8.61. The van der Waals surface area contributed by atoms with Crippen LogP contribution < -0.4 is 57.1 Å². The molecular weight excluding hydrogens is 570 g/mol. The molecule has 0 aliphatic rings. The zero-order valence-electron chi connectivity index (χ0n) is 16.4. The van der Waals surface area contributed by atoms with E-state index in [0.717, 1.165) is 12.8 Å². The molecule has 4 heteroatoms. The van der Waals surface area contributed by atoms with E-state index in [4.69, 9.17) is 0 Å². The van der Waals surface area contributed by atoms with Crippen LogP contribution in [-0.4, -0.2) is 0 Å². The van der Waals surface area contributed by atoms with Gasteiger partial charge >= 0.3 is 0 Å². The first-order chi connectivity index (χ1) is 12.7. The number of benzene rings is 2. The first-order valence-electron chi connectivity index (χ1n) is 9.46. The van der Waals surface area contributed by atoms with E-state index in [0.29, 0.717) is 0 Å². The first kappa shape index (κ1) is 23.0. The molecule has 2 heterocycles. The van der Waals surface area contributed by atoms with Gasteiger partial charge in [0, 0.05) is 35.7 Å². The molecular formula is C24H26I2N2. The number of pyridine rings is 2. The summed E-state index contributed by atoms with van der Waals surface area (Å²) in [4.78, 5) is 0. The molecule has 2 aromatic carbocycles. The standard InChI is InChI=1S/C24H26N2.2HI/c1-25-17-15-19-9-3-5-11-21(19)23(25)13-7-8-14-24-22-12-6-4-10-20(22)16-18-26(24)2;;/h3-6,9-12,15-18H,7-8,13-14H2,1-2H3;2*1H/q+2;;/p-2. The van der Waals surface area contributed by atoms with Crippen molar-refractivity contribution in [3.63, 3.8) is 0 Å². The summed E-state index contributed by atoms with van der Waals surface area (Å²) in [6.45, 7) is 0. The van der Waals surface area contributed by atoms with E-state index in [1.807, 2.05) is 0 Å². The third kappa shape index (κ3) is 4.82. The third-order valence-electron chi connectivity index (χ3n) is 5.43. The minimum atomic E-state index is 0. The lowest BCUT2D eigenvalue weighted by molar-refractivity contribution is -0.678. The minimum absolute atomic E-state index is 0. The second kappa shape index (κ2) is 10.5. The van der Waals surface area contributed by atoms with E-state index in [1.54, 1.807) is 0 Å². The van der Waals surface area contributed by atoms with Gasteiger partial charge in [0.15, 0.2) is 23.8 Å². The van der Waals surface area contributed by atoms with Crippen molar-refractivity contribution in [2.75, 3.05) is 0 Å². The normalized spacial score (nSPS) is 10.5. The summed E-state index contributed by atoms with van der Waals surface area (Å²) < 4.78 is 4.56. The Morgan fingerprint density at radius 3 is 1.39 bits per heavy atom. The van der Waals surface area contributed by atoms with Crippen LogP contribution in [0.15, 0.2) is 73.1 Å². The lowest BCUT2D eigenvalue weighted by atomic mass is 10.0. The van der Waals surface area contributed by atoms with Crippen LogP contribution in [0.25, 0.3) is 21.5 Å². The largest absolute Gasteiger partial charge is 1.00 e. The molecule has 0 radical (unpaired) electrons. The number of aryl methyl sites for hydroxylation is 4. The Morgan fingerprint density at radius 2 is 0.964 bits per heavy atom. The monoisotopic (exact) mass is 596 g/mol. The summed E-state index contributed by atoms with van der Waals surface area (Å²) in [5, 5.41) is 5.43. The quantitative estimate of drug-likeness (QED) is 0.146. The van der Waals surface area contributed by atoms with Crippen LogP contribution in [0.4, 0.5) is 0 Å². The van der Waals surface area contributed by atoms with E-state index >= 15 is 0 Å². The van der Waals surface area contributed by atoms with Crippen molar-refractivity contribution >= 4 is 21.5 Å². The lowest BCUT2D eigenvalue weighted by Crippen LogP contribution is -3.00. The fourth-order valence-electron chi connectivity index (χ4n) is 3.96. The summed E-state index contributed by atoms with van der Waals surface area (Å²) in [5.74, 6) is 0. The molecule has 0 bridgehead atoms. The van der Waals surface area contributed by atoms with Gasteiger partial charge in [-0.15, -0.1) is 0 Å². The number of hydrogen-bond acceptors (Lipinski definition) is 0. The Bertz CT molecular complexity index is 989. The van der Waals surface area contributed by atoms with Crippen molar-refractivity contribution < 1.29 is 57.1 Å². The van der Waals surface area contributed by atoms with Crippen LogP contribution in [0.3, 0.4) is 0 Å². The third-order valence-corrected chi connectivity index (χ3v) is 5.43. The highest BCUT2D eigenvalue weighted by Crippen LogP contribution is 2.19. The smallest absolute Gasteiger partial charge is 0.188 e. The number of hydrogen-bond donors (Lipinski definition) is 0. The summed E-state index contributed by atoms with van der Waals surface area (Å²) in [6.07, 6.45) is 9.00. The molecule has 0 spiro atoms. The van der Waals surface area contributed by atoms with Crippen LogP contribution in [0.2, 0.25) is 0 Å². The Hall–Kier alpha value is -1.28. The molecule has 0 unspecified atom stereocenters. The molecule has 4 aromatic rings. The van der Waals surface area contributed by atoms with Gasteiger partial charge in [0.2, 0.25) is 0 Å². The molecule has 0 saturated carbocycles. The van der Waals surface area contributed by atoms with Crippen LogP contribution >= 0.6 is 0 Å². The summed E-state index contributed by atoms with van der Waals surface area (Å²) in [7, 11) is 4.32. The SMILES string of the molecule is C[n+]1ccc2ccccc2c1CCCCc1c2ccccc2cc[n+]1C.[I-].[I-]. The van der Waals surface area contributed by atoms with Gasteiger partial charge in [0.25, 0.3) is 0 Å². The Labute approximate surface area is 201 Å². The van der Waals surface area contributed by atoms with E-state index in [2.05, 4.69) is 96.3 Å². The second-order valence-electron chi connectivity index (χ2n) is 7.13. The topological polar surface area (TPSA) is 7.76 Å². The molecule has 2 aromatic heterocycles. The second-order valence-corrected chi connectivity index (χ2v) is 7.13. The van der Waals surface area contributed by atoms with Crippen molar-refractivity contribution in [3.05, 3.63) is 84.4 Å². The first-order valence-corrected chi connectivity index (χ1v) is 9.46. The minimum Gasteiger partial charge on any atom is -1.00 e. The van der Waals surface area contributed by atoms with E-state index in [1.165, 1.54) is 45.8 Å². The van der Waals surface area contributed by atoms with Crippen LogP contribution in [0.5, 0.6) is 0 Å². The maximum Gasteiger partial charge on any atom is 0.188 e. The molecule has 0 N–H and O–H groups in total. The average molecular weight is 596 g/mol. The van der Waals surface area contributed by atoms with Gasteiger partial charge in [-0.3, -0.25) is 0 Å². The molecule has 0 amide bonds. The zero-order valence-corrected chi connectivity index (χ0v) is 20.7. The highest BCUT2D eigenvalue weighted by Gasteiger charge is 2.14. The van der Waals surface area contributed by atoms with Crippen molar-refractivity contribution in [1.29, 1.82) is 0 Å². The van der Waals surface area contributed by atoms with Gasteiger partial charge in [-0.2, -0.15) is 0 Å². The number of aromatic nitrogens is 2. The van der Waals surface area contributed by atoms with Gasteiger partial charge in [0.05, 0.1) is 0 Å². The van der Waals surface area contributed by atoms with Crippen LogP contribution in [0.1, 0.15) is 24.2 Å². The van der Waals surface area contributed by atoms with Crippen molar-refractivity contribution in [2.24, 2.45) is 14.1 Å². The van der Waals surface area contributed by atoms with Gasteiger partial charge in [-0.05, 0) is 35.7 Å². The molecule has 2 nitrogen and oxygen atoms in total. The number of unbranched alkanes of at least 4 members (excludes halogenated alkanes) is 1. The van der Waals surface area contributed by atoms with Gasteiger partial charge < -0.3 is 48.0 Å². The van der Waals surface area contributed by atoms with E-state index in [-0.39, 0.29) is 48.0 Å². The molecule has 146 valence electrons. The highest BCUT2D eigenvalue weighted by atomic mass is 127. The maximum atomic E-state index is 2.28. The van der Waals surface area contributed by atoms with Gasteiger partial charge in [-0.1, -0.05) is 36.4 Å². The summed E-state index contributed by atoms with van der Waals surface area (Å²) >= 11 is 0.